The molecule has 0 atom stereocenters. The molecule has 1 saturated heterocycles. The highest BCUT2D eigenvalue weighted by molar-refractivity contribution is 7.90. The number of hydrogen-bond donors (Lipinski definition) is 1. The molecule has 8 heteroatoms. The number of piperidine rings is 1. The molecule has 0 spiro atoms. The molecule has 0 unspecified atom stereocenters. The zero-order valence-electron chi connectivity index (χ0n) is 14.5. The van der Waals surface area contributed by atoms with Crippen molar-refractivity contribution in [1.82, 2.24) is 14.8 Å². The molecule has 3 rings (SSSR count). The van der Waals surface area contributed by atoms with Crippen LogP contribution >= 0.6 is 0 Å². The summed E-state index contributed by atoms with van der Waals surface area (Å²) in [6.07, 6.45) is 4.47. The van der Waals surface area contributed by atoms with E-state index in [1.807, 2.05) is 10.8 Å². The van der Waals surface area contributed by atoms with Crippen LogP contribution in [-0.2, 0) is 16.4 Å². The number of nitrogens with zero attached hydrogens (tertiary/aromatic N) is 2. The largest absolute Gasteiger partial charge is 0.351 e. The molecule has 7 nitrogen and oxygen atoms in total. The van der Waals surface area contributed by atoms with Crippen molar-refractivity contribution in [2.75, 3.05) is 25.4 Å². The van der Waals surface area contributed by atoms with E-state index in [4.69, 9.17) is 0 Å². The molecule has 0 aliphatic carbocycles. The first kappa shape index (κ1) is 18.6. The average Bonchev–Trinajstić information content (AvgIpc) is 3.17. The molecule has 1 aromatic carbocycles. The second-order valence-corrected chi connectivity index (χ2v) is 8.44. The summed E-state index contributed by atoms with van der Waals surface area (Å²) >= 11 is 0. The van der Waals surface area contributed by atoms with Gasteiger partial charge >= 0.3 is 5.91 Å². The SMILES string of the molecule is O=C(NS(=O)(=O)CCN1CCC(Cc2ccccc2)CC1)c1ccno1. The second kappa shape index (κ2) is 8.46. The third kappa shape index (κ3) is 5.40. The summed E-state index contributed by atoms with van der Waals surface area (Å²) < 4.78 is 30.8. The lowest BCUT2D eigenvalue weighted by molar-refractivity contribution is 0.0945. The van der Waals surface area contributed by atoms with E-state index in [1.165, 1.54) is 17.8 Å². The van der Waals surface area contributed by atoms with Crippen LogP contribution in [0.15, 0.2) is 47.1 Å². The molecule has 1 aliphatic heterocycles. The van der Waals surface area contributed by atoms with Gasteiger partial charge in [0.25, 0.3) is 0 Å². The molecule has 2 heterocycles. The van der Waals surface area contributed by atoms with E-state index in [-0.39, 0.29) is 11.5 Å². The van der Waals surface area contributed by atoms with Gasteiger partial charge in [0.2, 0.25) is 15.8 Å². The van der Waals surface area contributed by atoms with Gasteiger partial charge in [-0.1, -0.05) is 35.5 Å². The number of aromatic nitrogens is 1. The maximum absolute atomic E-state index is 12.1. The minimum absolute atomic E-state index is 0.115. The molecule has 140 valence electrons. The first-order valence-corrected chi connectivity index (χ1v) is 10.4. The predicted molar refractivity (Wildman–Crippen MR) is 97.1 cm³/mol. The lowest BCUT2D eigenvalue weighted by atomic mass is 9.90. The van der Waals surface area contributed by atoms with Crippen LogP contribution in [-0.4, -0.2) is 49.8 Å². The van der Waals surface area contributed by atoms with Gasteiger partial charge < -0.3 is 9.42 Å². The Bertz CT molecular complexity index is 798. The molecular formula is C18H23N3O4S. The Morgan fingerprint density at radius 3 is 2.58 bits per heavy atom. The summed E-state index contributed by atoms with van der Waals surface area (Å²) in [5, 5.41) is 3.39. The number of sulfonamides is 1. The lowest BCUT2D eigenvalue weighted by Gasteiger charge is -2.31. The van der Waals surface area contributed by atoms with Crippen LogP contribution < -0.4 is 4.72 Å². The summed E-state index contributed by atoms with van der Waals surface area (Å²) in [6, 6.07) is 11.8. The molecule has 1 aromatic heterocycles. The smallest absolute Gasteiger partial charge is 0.303 e. The van der Waals surface area contributed by atoms with Gasteiger partial charge in [-0.2, -0.15) is 0 Å². The van der Waals surface area contributed by atoms with Crippen LogP contribution in [0.4, 0.5) is 0 Å². The summed E-state index contributed by atoms with van der Waals surface area (Å²) in [4.78, 5) is 13.9. The van der Waals surface area contributed by atoms with Gasteiger partial charge in [-0.15, -0.1) is 0 Å². The van der Waals surface area contributed by atoms with Gasteiger partial charge in [-0.05, 0) is 43.8 Å². The quantitative estimate of drug-likeness (QED) is 0.789. The molecule has 1 amide bonds. The van der Waals surface area contributed by atoms with Gasteiger partial charge in [-0.3, -0.25) is 4.79 Å². The van der Waals surface area contributed by atoms with E-state index in [0.717, 1.165) is 32.4 Å². The van der Waals surface area contributed by atoms with Crippen molar-refractivity contribution in [3.63, 3.8) is 0 Å². The number of benzene rings is 1. The number of nitrogens with one attached hydrogen (secondary N) is 1. The number of likely N-dealkylation sites (tertiary alicyclic amines) is 1. The van der Waals surface area contributed by atoms with E-state index >= 15 is 0 Å². The molecule has 0 radical (unpaired) electrons. The van der Waals surface area contributed by atoms with Gasteiger partial charge in [-0.25, -0.2) is 13.1 Å². The standard InChI is InChI=1S/C18H23N3O4S/c22-18(17-6-9-19-25-17)20-26(23,24)13-12-21-10-7-16(8-11-21)14-15-4-2-1-3-5-15/h1-6,9,16H,7-8,10-14H2,(H,20,22). The van der Waals surface area contributed by atoms with Crippen molar-refractivity contribution in [2.24, 2.45) is 5.92 Å². The van der Waals surface area contributed by atoms with E-state index in [0.29, 0.717) is 12.5 Å². The molecule has 1 aliphatic rings. The minimum atomic E-state index is -3.70. The topological polar surface area (TPSA) is 92.5 Å². The minimum Gasteiger partial charge on any atom is -0.351 e. The summed E-state index contributed by atoms with van der Waals surface area (Å²) in [6.45, 7) is 2.17. The van der Waals surface area contributed by atoms with Crippen molar-refractivity contribution in [3.8, 4) is 0 Å². The highest BCUT2D eigenvalue weighted by atomic mass is 32.2. The monoisotopic (exact) mass is 377 g/mol. The highest BCUT2D eigenvalue weighted by Crippen LogP contribution is 2.21. The Kier molecular flexibility index (Phi) is 6.05. The van der Waals surface area contributed by atoms with Gasteiger partial charge in [0.15, 0.2) is 0 Å². The Labute approximate surface area is 153 Å². The first-order chi connectivity index (χ1) is 12.5. The lowest BCUT2D eigenvalue weighted by Crippen LogP contribution is -2.40. The number of carbonyl (C=O) groups excluding carboxylic acids is 1. The number of hydrogen-bond acceptors (Lipinski definition) is 6. The third-order valence-corrected chi connectivity index (χ3v) is 5.88. The maximum atomic E-state index is 12.1. The normalized spacial score (nSPS) is 16.5. The van der Waals surface area contributed by atoms with E-state index < -0.39 is 15.9 Å². The summed E-state index contributed by atoms with van der Waals surface area (Å²) in [5.41, 5.74) is 1.35. The molecule has 0 bridgehead atoms. The van der Waals surface area contributed by atoms with Crippen molar-refractivity contribution in [2.45, 2.75) is 19.3 Å². The Morgan fingerprint density at radius 2 is 1.92 bits per heavy atom. The second-order valence-electron chi connectivity index (χ2n) is 6.60. The van der Waals surface area contributed by atoms with Crippen LogP contribution in [0, 0.1) is 5.92 Å². The molecule has 1 fully saturated rings. The molecular weight excluding hydrogens is 354 g/mol. The molecule has 0 saturated carbocycles. The fourth-order valence-electron chi connectivity index (χ4n) is 3.19. The van der Waals surface area contributed by atoms with Crippen LogP contribution in [0.1, 0.15) is 29.0 Å². The van der Waals surface area contributed by atoms with E-state index in [1.54, 1.807) is 0 Å². The number of amides is 1. The van der Waals surface area contributed by atoms with Crippen LogP contribution in [0.3, 0.4) is 0 Å². The maximum Gasteiger partial charge on any atom is 0.303 e. The van der Waals surface area contributed by atoms with E-state index in [2.05, 4.69) is 38.8 Å². The Morgan fingerprint density at radius 1 is 1.19 bits per heavy atom. The third-order valence-electron chi connectivity index (χ3n) is 4.66. The van der Waals surface area contributed by atoms with Crippen LogP contribution in [0.25, 0.3) is 0 Å². The van der Waals surface area contributed by atoms with E-state index in [9.17, 15) is 13.2 Å². The van der Waals surface area contributed by atoms with Gasteiger partial charge in [0.1, 0.15) is 0 Å². The molecule has 1 N–H and O–H groups in total. The zero-order chi connectivity index (χ0) is 18.4. The Hall–Kier alpha value is -2.19. The zero-order valence-corrected chi connectivity index (χ0v) is 15.3. The fourth-order valence-corrected chi connectivity index (χ4v) is 4.17. The molecule has 26 heavy (non-hydrogen) atoms. The van der Waals surface area contributed by atoms with Crippen molar-refractivity contribution >= 4 is 15.9 Å². The van der Waals surface area contributed by atoms with Crippen molar-refractivity contribution < 1.29 is 17.7 Å². The van der Waals surface area contributed by atoms with Crippen molar-refractivity contribution in [3.05, 3.63) is 53.9 Å². The van der Waals surface area contributed by atoms with Gasteiger partial charge in [0, 0.05) is 12.6 Å². The predicted octanol–water partition coefficient (Wildman–Crippen LogP) is 1.69. The van der Waals surface area contributed by atoms with Crippen LogP contribution in [0.5, 0.6) is 0 Å². The fraction of sp³-hybridized carbons (Fsp3) is 0.444. The first-order valence-electron chi connectivity index (χ1n) is 8.73. The summed E-state index contributed by atoms with van der Waals surface area (Å²) in [7, 11) is -3.70. The Balaban J connectivity index is 1.41. The number of rotatable bonds is 7. The van der Waals surface area contributed by atoms with Crippen molar-refractivity contribution in [1.29, 1.82) is 0 Å². The number of carbonyl (C=O) groups is 1. The summed E-state index contributed by atoms with van der Waals surface area (Å²) in [5.74, 6) is -0.383. The van der Waals surface area contributed by atoms with Gasteiger partial charge in [0.05, 0.1) is 11.9 Å². The highest BCUT2D eigenvalue weighted by Gasteiger charge is 2.23. The molecule has 2 aromatic rings. The average molecular weight is 377 g/mol. The van der Waals surface area contributed by atoms with Crippen LogP contribution in [0.2, 0.25) is 0 Å².